The van der Waals surface area contributed by atoms with E-state index in [0.29, 0.717) is 15.6 Å². The van der Waals surface area contributed by atoms with E-state index in [4.69, 9.17) is 0 Å². The van der Waals surface area contributed by atoms with Crippen molar-refractivity contribution >= 4 is 40.2 Å². The van der Waals surface area contributed by atoms with Crippen LogP contribution in [0.25, 0.3) is 6.08 Å². The molecule has 2 amide bonds. The van der Waals surface area contributed by atoms with Crippen molar-refractivity contribution < 1.29 is 23.1 Å². The maximum atomic E-state index is 12.8. The van der Waals surface area contributed by atoms with Gasteiger partial charge in [-0.15, -0.1) is 0 Å². The summed E-state index contributed by atoms with van der Waals surface area (Å²) >= 11 is 0. The number of phenolic OH excluding ortho intramolecular Hbond substituents is 1. The number of nitrogens with zero attached hydrogens (tertiary/aromatic N) is 1. The molecule has 0 heterocycles. The SMILES string of the molecule is Cc1ccc(NC(=O)N(c2ccccc2C(=O)/C=C/c2cccc(O)c2)[SH](=O)=O)cc1. The molecule has 0 radical (unpaired) electrons. The molecule has 3 aromatic carbocycles. The van der Waals surface area contributed by atoms with E-state index in [2.05, 4.69) is 5.32 Å². The van der Waals surface area contributed by atoms with Gasteiger partial charge in [-0.1, -0.05) is 48.0 Å². The van der Waals surface area contributed by atoms with Gasteiger partial charge in [0.2, 0.25) is 10.9 Å². The molecule has 0 spiro atoms. The number of carbonyl (C=O) groups is 2. The molecule has 0 fully saturated rings. The van der Waals surface area contributed by atoms with Gasteiger partial charge in [0, 0.05) is 11.3 Å². The minimum Gasteiger partial charge on any atom is -0.508 e. The van der Waals surface area contributed by atoms with Crippen LogP contribution in [0.5, 0.6) is 5.75 Å². The van der Waals surface area contributed by atoms with Crippen LogP contribution in [0.1, 0.15) is 21.5 Å². The van der Waals surface area contributed by atoms with E-state index in [0.717, 1.165) is 5.56 Å². The van der Waals surface area contributed by atoms with Gasteiger partial charge >= 0.3 is 6.03 Å². The number of amides is 2. The number of anilines is 2. The Morgan fingerprint density at radius 1 is 0.968 bits per heavy atom. The van der Waals surface area contributed by atoms with E-state index in [1.807, 2.05) is 6.92 Å². The van der Waals surface area contributed by atoms with Crippen LogP contribution >= 0.6 is 0 Å². The Bertz CT molecular complexity index is 1210. The average molecular weight is 436 g/mol. The molecule has 3 aromatic rings. The molecule has 2 N–H and O–H groups in total. The standard InChI is InChI=1S/C23H20N2O5S/c1-16-9-12-18(13-10-16)24-23(28)25(31(29)30)21-8-3-2-7-20(21)22(27)14-11-17-5-4-6-19(26)15-17/h2-15,26,31H,1H3,(H,24,28)/b14-11+. The minimum absolute atomic E-state index is 0.0390. The Kier molecular flexibility index (Phi) is 6.84. The maximum Gasteiger partial charge on any atom is 0.340 e. The van der Waals surface area contributed by atoms with Crippen LogP contribution in [0.4, 0.5) is 16.2 Å². The highest BCUT2D eigenvalue weighted by Gasteiger charge is 2.23. The predicted octanol–water partition coefficient (Wildman–Crippen LogP) is 4.16. The zero-order valence-corrected chi connectivity index (χ0v) is 17.5. The summed E-state index contributed by atoms with van der Waals surface area (Å²) in [5.74, 6) is -0.443. The normalized spacial score (nSPS) is 10.9. The first-order valence-electron chi connectivity index (χ1n) is 9.27. The zero-order valence-electron chi connectivity index (χ0n) is 16.6. The van der Waals surface area contributed by atoms with Gasteiger partial charge in [-0.05, 0) is 55.0 Å². The van der Waals surface area contributed by atoms with Crippen molar-refractivity contribution in [2.45, 2.75) is 6.92 Å². The molecule has 0 aromatic heterocycles. The molecule has 8 heteroatoms. The Morgan fingerprint density at radius 3 is 2.35 bits per heavy atom. The molecule has 0 unspecified atom stereocenters. The number of para-hydroxylation sites is 1. The summed E-state index contributed by atoms with van der Waals surface area (Å²) < 4.78 is 24.4. The predicted molar refractivity (Wildman–Crippen MR) is 121 cm³/mol. The Labute approximate surface area is 181 Å². The van der Waals surface area contributed by atoms with Gasteiger partial charge in [0.15, 0.2) is 5.78 Å². The van der Waals surface area contributed by atoms with Crippen LogP contribution in [0.3, 0.4) is 0 Å². The highest BCUT2D eigenvalue weighted by Crippen LogP contribution is 2.23. The maximum absolute atomic E-state index is 12.8. The summed E-state index contributed by atoms with van der Waals surface area (Å²) in [4.78, 5) is 25.5. The number of hydrogen-bond donors (Lipinski definition) is 3. The zero-order chi connectivity index (χ0) is 22.4. The summed E-state index contributed by atoms with van der Waals surface area (Å²) in [5.41, 5.74) is 1.98. The molecule has 0 aliphatic heterocycles. The lowest BCUT2D eigenvalue weighted by atomic mass is 10.1. The number of nitrogens with one attached hydrogen (secondary N) is 1. The van der Waals surface area contributed by atoms with E-state index < -0.39 is 22.7 Å². The molecule has 158 valence electrons. The van der Waals surface area contributed by atoms with Crippen molar-refractivity contribution in [3.63, 3.8) is 0 Å². The Morgan fingerprint density at radius 2 is 1.68 bits per heavy atom. The van der Waals surface area contributed by atoms with Gasteiger partial charge in [0.1, 0.15) is 5.75 Å². The third-order valence-corrected chi connectivity index (χ3v) is 5.08. The number of thiol groups is 1. The average Bonchev–Trinajstić information content (AvgIpc) is 2.74. The van der Waals surface area contributed by atoms with Crippen molar-refractivity contribution in [3.05, 3.63) is 95.6 Å². The second-order valence-electron chi connectivity index (χ2n) is 6.66. The number of benzene rings is 3. The first-order valence-corrected chi connectivity index (χ1v) is 10.4. The van der Waals surface area contributed by atoms with E-state index >= 15 is 0 Å². The number of ketones is 1. The molecular formula is C23H20N2O5S. The first-order chi connectivity index (χ1) is 14.8. The minimum atomic E-state index is -3.37. The summed E-state index contributed by atoms with van der Waals surface area (Å²) in [6.07, 6.45) is 2.74. The largest absolute Gasteiger partial charge is 0.508 e. The molecule has 0 aliphatic rings. The molecule has 31 heavy (non-hydrogen) atoms. The van der Waals surface area contributed by atoms with E-state index in [1.165, 1.54) is 42.5 Å². The number of rotatable bonds is 6. The number of phenols is 1. The number of aryl methyl sites for hydroxylation is 1. The topological polar surface area (TPSA) is 104 Å². The lowest BCUT2D eigenvalue weighted by Crippen LogP contribution is -2.34. The lowest BCUT2D eigenvalue weighted by molar-refractivity contribution is 0.104. The van der Waals surface area contributed by atoms with Gasteiger partial charge in [-0.3, -0.25) is 4.79 Å². The van der Waals surface area contributed by atoms with Crippen molar-refractivity contribution in [1.29, 1.82) is 0 Å². The number of allylic oxidation sites excluding steroid dienone is 1. The summed E-state index contributed by atoms with van der Waals surface area (Å²) in [5, 5.41) is 12.1. The molecule has 0 bridgehead atoms. The molecule has 3 rings (SSSR count). The second-order valence-corrected chi connectivity index (χ2v) is 7.53. The third-order valence-electron chi connectivity index (χ3n) is 4.35. The Hall–Kier alpha value is -3.91. The van der Waals surface area contributed by atoms with Crippen LogP contribution in [-0.4, -0.2) is 25.3 Å². The van der Waals surface area contributed by atoms with Crippen molar-refractivity contribution in [2.75, 3.05) is 9.62 Å². The van der Waals surface area contributed by atoms with E-state index in [-0.39, 0.29) is 17.0 Å². The van der Waals surface area contributed by atoms with Crippen molar-refractivity contribution in [1.82, 2.24) is 0 Å². The van der Waals surface area contributed by atoms with Crippen LogP contribution in [0, 0.1) is 6.92 Å². The van der Waals surface area contributed by atoms with Gasteiger partial charge in [0.25, 0.3) is 0 Å². The van der Waals surface area contributed by atoms with Crippen LogP contribution in [0.15, 0.2) is 78.9 Å². The van der Waals surface area contributed by atoms with Gasteiger partial charge in [0.05, 0.1) is 5.69 Å². The van der Waals surface area contributed by atoms with Gasteiger partial charge in [-0.2, -0.15) is 4.31 Å². The highest BCUT2D eigenvalue weighted by atomic mass is 32.2. The molecular weight excluding hydrogens is 416 g/mol. The summed E-state index contributed by atoms with van der Waals surface area (Å²) in [6.45, 7) is 1.89. The number of hydrogen-bond acceptors (Lipinski definition) is 5. The fraction of sp³-hybridized carbons (Fsp3) is 0.0435. The summed E-state index contributed by atoms with van der Waals surface area (Å²) in [6, 6.07) is 18.2. The lowest BCUT2D eigenvalue weighted by Gasteiger charge is -2.19. The molecule has 0 aliphatic carbocycles. The molecule has 0 saturated carbocycles. The fourth-order valence-electron chi connectivity index (χ4n) is 2.84. The van der Waals surface area contributed by atoms with Gasteiger partial charge < -0.3 is 10.4 Å². The number of urea groups is 1. The number of aromatic hydroxyl groups is 1. The monoisotopic (exact) mass is 436 g/mol. The molecule has 7 nitrogen and oxygen atoms in total. The molecule has 0 saturated heterocycles. The van der Waals surface area contributed by atoms with Crippen LogP contribution < -0.4 is 9.62 Å². The second kappa shape index (κ2) is 9.73. The van der Waals surface area contributed by atoms with Crippen LogP contribution in [0.2, 0.25) is 0 Å². The van der Waals surface area contributed by atoms with E-state index in [9.17, 15) is 23.1 Å². The smallest absolute Gasteiger partial charge is 0.340 e. The fourth-order valence-corrected chi connectivity index (χ4v) is 3.39. The first kappa shape index (κ1) is 21.8. The molecule has 0 atom stereocenters. The Balaban J connectivity index is 1.90. The third kappa shape index (κ3) is 5.58. The van der Waals surface area contributed by atoms with Crippen molar-refractivity contribution in [2.24, 2.45) is 0 Å². The number of carbonyl (C=O) groups excluding carboxylic acids is 2. The van der Waals surface area contributed by atoms with E-state index in [1.54, 1.807) is 42.5 Å². The van der Waals surface area contributed by atoms with Crippen molar-refractivity contribution in [3.8, 4) is 5.75 Å². The quantitative estimate of drug-likeness (QED) is 0.306. The van der Waals surface area contributed by atoms with Gasteiger partial charge in [-0.25, -0.2) is 13.2 Å². The summed E-state index contributed by atoms with van der Waals surface area (Å²) in [7, 11) is -3.37. The highest BCUT2D eigenvalue weighted by molar-refractivity contribution is 7.75. The van der Waals surface area contributed by atoms with Crippen LogP contribution in [-0.2, 0) is 10.9 Å².